The predicted octanol–water partition coefficient (Wildman–Crippen LogP) is 3.17. The van der Waals surface area contributed by atoms with Crippen LogP contribution < -0.4 is 5.32 Å². The Morgan fingerprint density at radius 3 is 2.37 bits per heavy atom. The fourth-order valence-corrected chi connectivity index (χ4v) is 3.10. The summed E-state index contributed by atoms with van der Waals surface area (Å²) in [6, 6.07) is 3.49. The van der Waals surface area contributed by atoms with Crippen LogP contribution >= 0.6 is 0 Å². The zero-order valence-electron chi connectivity index (χ0n) is 13.2. The van der Waals surface area contributed by atoms with Crippen molar-refractivity contribution in [3.8, 4) is 6.07 Å². The average Bonchev–Trinajstić information content (AvgIpc) is 2.42. The van der Waals surface area contributed by atoms with Crippen LogP contribution in [-0.2, 0) is 0 Å². The Morgan fingerprint density at radius 1 is 1.26 bits per heavy atom. The van der Waals surface area contributed by atoms with Crippen molar-refractivity contribution in [2.45, 2.75) is 77.4 Å². The lowest BCUT2D eigenvalue weighted by Crippen LogP contribution is -2.40. The zero-order chi connectivity index (χ0) is 14.3. The normalized spacial score (nSPS) is 25.5. The van der Waals surface area contributed by atoms with Crippen LogP contribution in [0, 0.1) is 17.2 Å². The van der Waals surface area contributed by atoms with Gasteiger partial charge in [-0.1, -0.05) is 13.3 Å². The van der Waals surface area contributed by atoms with Crippen molar-refractivity contribution in [3.63, 3.8) is 0 Å². The van der Waals surface area contributed by atoms with Crippen molar-refractivity contribution in [2.24, 2.45) is 5.92 Å². The van der Waals surface area contributed by atoms with E-state index in [1.54, 1.807) is 0 Å². The molecule has 19 heavy (non-hydrogen) atoms. The number of nitriles is 1. The van der Waals surface area contributed by atoms with E-state index in [9.17, 15) is 0 Å². The van der Waals surface area contributed by atoms with Gasteiger partial charge in [-0.2, -0.15) is 5.26 Å². The molecule has 0 bridgehead atoms. The van der Waals surface area contributed by atoms with Crippen molar-refractivity contribution in [1.82, 2.24) is 10.2 Å². The number of nitrogens with zero attached hydrogens (tertiary/aromatic N) is 2. The summed E-state index contributed by atoms with van der Waals surface area (Å²) in [5.41, 5.74) is 0. The Kier molecular flexibility index (Phi) is 7.41. The maximum Gasteiger partial charge on any atom is 0.0967 e. The molecule has 1 fully saturated rings. The van der Waals surface area contributed by atoms with Crippen LogP contribution in [0.1, 0.15) is 59.3 Å². The molecule has 1 aliphatic rings. The Balaban J connectivity index is 2.27. The number of hydrogen-bond acceptors (Lipinski definition) is 3. The maximum absolute atomic E-state index is 9.13. The summed E-state index contributed by atoms with van der Waals surface area (Å²) < 4.78 is 0. The Labute approximate surface area is 119 Å². The van der Waals surface area contributed by atoms with Crippen LogP contribution in [0.15, 0.2) is 0 Å². The molecule has 1 atom stereocenters. The predicted molar refractivity (Wildman–Crippen MR) is 81.0 cm³/mol. The van der Waals surface area contributed by atoms with Gasteiger partial charge in [0.05, 0.1) is 12.1 Å². The standard InChI is InChI=1S/C16H31N3/c1-5-14-6-8-16(9-7-14)19(4)11-10-15(12-17)18-13(2)3/h13-16,18H,5-11H2,1-4H3. The van der Waals surface area contributed by atoms with Crippen molar-refractivity contribution in [1.29, 1.82) is 5.26 Å². The smallest absolute Gasteiger partial charge is 0.0967 e. The largest absolute Gasteiger partial charge is 0.303 e. The maximum atomic E-state index is 9.13. The van der Waals surface area contributed by atoms with Crippen LogP contribution in [0.5, 0.6) is 0 Å². The first-order chi connectivity index (χ1) is 9.06. The summed E-state index contributed by atoms with van der Waals surface area (Å²) in [6.07, 6.45) is 7.71. The van der Waals surface area contributed by atoms with Gasteiger partial charge in [0.25, 0.3) is 0 Å². The number of hydrogen-bond donors (Lipinski definition) is 1. The topological polar surface area (TPSA) is 39.1 Å². The third-order valence-electron chi connectivity index (χ3n) is 4.48. The second-order valence-corrected chi connectivity index (χ2v) is 6.36. The molecule has 3 heteroatoms. The molecule has 1 saturated carbocycles. The van der Waals surface area contributed by atoms with E-state index in [2.05, 4.69) is 44.1 Å². The van der Waals surface area contributed by atoms with E-state index in [0.717, 1.165) is 24.9 Å². The second-order valence-electron chi connectivity index (χ2n) is 6.36. The average molecular weight is 265 g/mol. The van der Waals surface area contributed by atoms with Gasteiger partial charge in [-0.25, -0.2) is 0 Å². The summed E-state index contributed by atoms with van der Waals surface area (Å²) in [4.78, 5) is 2.47. The minimum atomic E-state index is -0.00516. The monoisotopic (exact) mass is 265 g/mol. The van der Waals surface area contributed by atoms with Crippen LogP contribution in [-0.4, -0.2) is 36.6 Å². The quantitative estimate of drug-likeness (QED) is 0.768. The van der Waals surface area contributed by atoms with E-state index in [1.807, 2.05) is 0 Å². The lowest BCUT2D eigenvalue weighted by atomic mass is 9.84. The minimum Gasteiger partial charge on any atom is -0.303 e. The van der Waals surface area contributed by atoms with Gasteiger partial charge in [-0.15, -0.1) is 0 Å². The highest BCUT2D eigenvalue weighted by atomic mass is 15.1. The van der Waals surface area contributed by atoms with Gasteiger partial charge in [0.2, 0.25) is 0 Å². The summed E-state index contributed by atoms with van der Waals surface area (Å²) >= 11 is 0. The van der Waals surface area contributed by atoms with Crippen molar-refractivity contribution in [3.05, 3.63) is 0 Å². The molecule has 0 amide bonds. The molecule has 1 N–H and O–H groups in total. The van der Waals surface area contributed by atoms with Gasteiger partial charge in [0.15, 0.2) is 0 Å². The van der Waals surface area contributed by atoms with Crippen molar-refractivity contribution < 1.29 is 0 Å². The molecule has 110 valence electrons. The molecule has 0 spiro atoms. The molecule has 0 heterocycles. The van der Waals surface area contributed by atoms with Crippen LogP contribution in [0.4, 0.5) is 0 Å². The van der Waals surface area contributed by atoms with Crippen LogP contribution in [0.2, 0.25) is 0 Å². The SMILES string of the molecule is CCC1CCC(N(C)CCC(C#N)NC(C)C)CC1. The van der Waals surface area contributed by atoms with E-state index in [4.69, 9.17) is 5.26 Å². The summed E-state index contributed by atoms with van der Waals surface area (Å²) in [6.45, 7) is 7.53. The molecule has 0 aliphatic heterocycles. The van der Waals surface area contributed by atoms with E-state index >= 15 is 0 Å². The first-order valence-electron chi connectivity index (χ1n) is 7.92. The third-order valence-corrected chi connectivity index (χ3v) is 4.48. The lowest BCUT2D eigenvalue weighted by molar-refractivity contribution is 0.159. The van der Waals surface area contributed by atoms with E-state index in [1.165, 1.54) is 32.1 Å². The fraction of sp³-hybridized carbons (Fsp3) is 0.938. The molecular formula is C16H31N3. The Morgan fingerprint density at radius 2 is 1.89 bits per heavy atom. The Hall–Kier alpha value is -0.590. The van der Waals surface area contributed by atoms with Gasteiger partial charge < -0.3 is 4.90 Å². The second kappa shape index (κ2) is 8.55. The van der Waals surface area contributed by atoms with E-state index in [0.29, 0.717) is 6.04 Å². The van der Waals surface area contributed by atoms with Crippen molar-refractivity contribution >= 4 is 0 Å². The molecule has 0 aromatic carbocycles. The molecule has 1 aliphatic carbocycles. The first-order valence-corrected chi connectivity index (χ1v) is 7.92. The van der Waals surface area contributed by atoms with E-state index in [-0.39, 0.29) is 6.04 Å². The van der Waals surface area contributed by atoms with Gasteiger partial charge in [-0.3, -0.25) is 5.32 Å². The summed E-state index contributed by atoms with van der Waals surface area (Å²) in [5, 5.41) is 12.4. The molecule has 0 aromatic rings. The van der Waals surface area contributed by atoms with Gasteiger partial charge in [-0.05, 0) is 58.9 Å². The molecule has 0 radical (unpaired) electrons. The van der Waals surface area contributed by atoms with E-state index < -0.39 is 0 Å². The lowest BCUT2D eigenvalue weighted by Gasteiger charge is -2.34. The number of rotatable bonds is 7. The molecular weight excluding hydrogens is 234 g/mol. The van der Waals surface area contributed by atoms with Crippen LogP contribution in [0.3, 0.4) is 0 Å². The van der Waals surface area contributed by atoms with Gasteiger partial charge in [0.1, 0.15) is 0 Å². The third kappa shape index (κ3) is 5.93. The minimum absolute atomic E-state index is 0.00516. The summed E-state index contributed by atoms with van der Waals surface area (Å²) in [7, 11) is 2.22. The highest BCUT2D eigenvalue weighted by Gasteiger charge is 2.23. The van der Waals surface area contributed by atoms with Gasteiger partial charge in [0, 0.05) is 18.6 Å². The number of nitrogens with one attached hydrogen (secondary N) is 1. The fourth-order valence-electron chi connectivity index (χ4n) is 3.10. The summed E-state index contributed by atoms with van der Waals surface area (Å²) in [5.74, 6) is 0.958. The molecule has 1 unspecified atom stereocenters. The zero-order valence-corrected chi connectivity index (χ0v) is 13.2. The molecule has 3 nitrogen and oxygen atoms in total. The van der Waals surface area contributed by atoms with Crippen molar-refractivity contribution in [2.75, 3.05) is 13.6 Å². The molecule has 1 rings (SSSR count). The highest BCUT2D eigenvalue weighted by Crippen LogP contribution is 2.28. The highest BCUT2D eigenvalue weighted by molar-refractivity contribution is 4.91. The first kappa shape index (κ1) is 16.5. The van der Waals surface area contributed by atoms with Crippen LogP contribution in [0.25, 0.3) is 0 Å². The Bertz CT molecular complexity index is 274. The van der Waals surface area contributed by atoms with Gasteiger partial charge >= 0.3 is 0 Å². The molecule has 0 saturated heterocycles. The molecule has 0 aromatic heterocycles.